The molecule has 0 saturated carbocycles. The van der Waals surface area contributed by atoms with E-state index in [4.69, 9.17) is 25.9 Å². The van der Waals surface area contributed by atoms with Crippen LogP contribution in [0.1, 0.15) is 11.1 Å². The van der Waals surface area contributed by atoms with Crippen LogP contribution in [0.5, 0.6) is 11.5 Å². The summed E-state index contributed by atoms with van der Waals surface area (Å²) in [5.41, 5.74) is 3.22. The average molecular weight is 1090 g/mol. The highest BCUT2D eigenvalue weighted by Gasteiger charge is 2.43. The van der Waals surface area contributed by atoms with Crippen LogP contribution in [0.2, 0.25) is 91.7 Å². The fraction of sp³-hybridized carbons (Fsp3) is 0.320. The number of nitriles is 2. The summed E-state index contributed by atoms with van der Waals surface area (Å²) in [4.78, 5) is -0.459. The van der Waals surface area contributed by atoms with Gasteiger partial charge in [0, 0.05) is 5.20 Å². The summed E-state index contributed by atoms with van der Waals surface area (Å²) in [5.74, 6) is 1.24. The van der Waals surface area contributed by atoms with Crippen LogP contribution in [0.4, 0.5) is 0 Å². The predicted molar refractivity (Wildman–Crippen MR) is 298 cm³/mol. The first-order valence-corrected chi connectivity index (χ1v) is 44.0. The fourth-order valence-corrected chi connectivity index (χ4v) is 31.8. The summed E-state index contributed by atoms with van der Waals surface area (Å²) in [7, 11) is -20.2. The van der Waals surface area contributed by atoms with Crippen molar-refractivity contribution in [2.75, 3.05) is 13.2 Å². The molecule has 0 aliphatic carbocycles. The Morgan fingerprint density at radius 1 is 0.514 bits per heavy atom. The molecular formula is C50H70N2O10S2Si6. The van der Waals surface area contributed by atoms with Crippen molar-refractivity contribution in [2.45, 2.75) is 101 Å². The van der Waals surface area contributed by atoms with Gasteiger partial charge in [0.25, 0.3) is 0 Å². The Bertz CT molecular complexity index is 2750. The average Bonchev–Trinajstić information content (AvgIpc) is 3.24. The molecule has 4 rings (SSSR count). The normalized spacial score (nSPS) is 13.4. The van der Waals surface area contributed by atoms with Gasteiger partial charge in [-0.1, -0.05) is 73.3 Å². The maximum absolute atomic E-state index is 12.8. The Hall–Kier alpha value is -4.54. The van der Waals surface area contributed by atoms with Gasteiger partial charge < -0.3 is 25.9 Å². The Balaban J connectivity index is 0.000000370. The molecule has 0 amide bonds. The van der Waals surface area contributed by atoms with Crippen LogP contribution < -0.4 is 9.47 Å². The lowest BCUT2D eigenvalue weighted by Gasteiger charge is -2.39. The van der Waals surface area contributed by atoms with Crippen LogP contribution in [-0.4, -0.2) is 80.4 Å². The van der Waals surface area contributed by atoms with Gasteiger partial charge in [-0.15, -0.1) is 0 Å². The van der Waals surface area contributed by atoms with Crippen molar-refractivity contribution in [1.29, 1.82) is 10.5 Å². The topological polar surface area (TPSA) is 171 Å². The van der Waals surface area contributed by atoms with E-state index in [1.54, 1.807) is 84.9 Å². The first-order valence-electron chi connectivity index (χ1n) is 22.7. The van der Waals surface area contributed by atoms with Crippen molar-refractivity contribution in [3.63, 3.8) is 0 Å². The highest BCUT2D eigenvalue weighted by molar-refractivity contribution is 7.96. The van der Waals surface area contributed by atoms with Crippen molar-refractivity contribution in [3.05, 3.63) is 154 Å². The Morgan fingerprint density at radius 3 is 1.19 bits per heavy atom. The van der Waals surface area contributed by atoms with Gasteiger partial charge in [-0.2, -0.15) is 10.5 Å². The molecule has 0 radical (unpaired) electrons. The summed E-state index contributed by atoms with van der Waals surface area (Å²) < 4.78 is 88.7. The predicted octanol–water partition coefficient (Wildman–Crippen LogP) is 12.5. The van der Waals surface area contributed by atoms with E-state index in [1.807, 2.05) is 30.5 Å². The Morgan fingerprint density at radius 2 is 0.857 bits per heavy atom. The van der Waals surface area contributed by atoms with Crippen LogP contribution in [0.25, 0.3) is 12.2 Å². The third-order valence-corrected chi connectivity index (χ3v) is 30.9. The molecule has 0 unspecified atom stereocenters. The third kappa shape index (κ3) is 20.3. The van der Waals surface area contributed by atoms with Gasteiger partial charge in [-0.3, -0.25) is 0 Å². The molecule has 4 aromatic rings. The molecule has 0 N–H and O–H groups in total. The van der Waals surface area contributed by atoms with Gasteiger partial charge in [-0.05, 0) is 169 Å². The molecule has 70 heavy (non-hydrogen) atoms. The number of benzene rings is 4. The summed E-state index contributed by atoms with van der Waals surface area (Å²) in [5, 5.41) is 19.7. The van der Waals surface area contributed by atoms with E-state index >= 15 is 0 Å². The van der Waals surface area contributed by atoms with Gasteiger partial charge >= 0.3 is 17.1 Å². The van der Waals surface area contributed by atoms with E-state index < -0.39 is 70.1 Å². The van der Waals surface area contributed by atoms with E-state index in [0.717, 1.165) is 5.20 Å². The van der Waals surface area contributed by atoms with Crippen molar-refractivity contribution in [3.8, 4) is 23.6 Å². The molecule has 4 aromatic carbocycles. The van der Waals surface area contributed by atoms with Crippen molar-refractivity contribution in [1.82, 2.24) is 0 Å². The summed E-state index contributed by atoms with van der Waals surface area (Å²) in [6.45, 7) is 34.8. The lowest BCUT2D eigenvalue weighted by molar-refractivity contribution is 0.337. The van der Waals surface area contributed by atoms with Gasteiger partial charge in [-0.25, -0.2) is 16.8 Å². The maximum atomic E-state index is 12.8. The number of sulfone groups is 2. The Kier molecular flexibility index (Phi) is 21.1. The van der Waals surface area contributed by atoms with Crippen LogP contribution in [0.3, 0.4) is 0 Å². The van der Waals surface area contributed by atoms with Gasteiger partial charge in [0.1, 0.15) is 46.7 Å². The van der Waals surface area contributed by atoms with E-state index in [9.17, 15) is 27.4 Å². The van der Waals surface area contributed by atoms with Gasteiger partial charge in [0.15, 0.2) is 33.3 Å². The first-order chi connectivity index (χ1) is 32.2. The molecule has 0 aliphatic heterocycles. The van der Waals surface area contributed by atoms with Crippen molar-refractivity contribution < 1.29 is 42.8 Å². The van der Waals surface area contributed by atoms with E-state index in [2.05, 4.69) is 91.7 Å². The molecule has 20 heteroatoms. The minimum Gasteiger partial charge on any atom is -0.490 e. The summed E-state index contributed by atoms with van der Waals surface area (Å²) in [6.07, 6.45) is 4.67. The molecule has 0 bridgehead atoms. The smallest absolute Gasteiger partial charge is 0.347 e. The zero-order valence-electron chi connectivity index (χ0n) is 43.1. The number of ether oxygens (including phenoxy) is 2. The second-order valence-corrected chi connectivity index (χ2v) is 49.4. The molecule has 0 aliphatic rings. The molecule has 12 nitrogen and oxygen atoms in total. The standard InChI is InChI=1S/2C25H35NO5SSi3/c1-21(35(8,30-33(2,3)4)31-34(5,6)7)20-29-23-16-14-22(15-17-23)18-25(19-26)32(27,28)24-12-10-9-11-13-24;1-33(2,3)30-35(7,31-34(4,5)6)19-11-18-29-23-16-14-22(15-17-23)20-25(21-26)32(27,28)24-12-9-8-10-13-24/h9-18H,1,20H2,2-8H3;8-17,19-20H,18H2,1-7H3/b25-18+;19-11+,25-20+. The molecule has 0 saturated heterocycles. The zero-order chi connectivity index (χ0) is 52.8. The van der Waals surface area contributed by atoms with Crippen LogP contribution in [0.15, 0.2) is 152 Å². The van der Waals surface area contributed by atoms with Gasteiger partial charge in [0.05, 0.1) is 9.79 Å². The highest BCUT2D eigenvalue weighted by Crippen LogP contribution is 2.29. The molecule has 0 spiro atoms. The summed E-state index contributed by atoms with van der Waals surface area (Å²) in [6, 6.07) is 33.3. The molecule has 376 valence electrons. The first kappa shape index (κ1) is 59.8. The van der Waals surface area contributed by atoms with Crippen molar-refractivity contribution >= 4 is 82.2 Å². The molecule has 0 aromatic heterocycles. The van der Waals surface area contributed by atoms with Crippen LogP contribution in [0, 0.1) is 22.7 Å². The number of hydrogen-bond acceptors (Lipinski definition) is 12. The van der Waals surface area contributed by atoms with E-state index in [0.29, 0.717) is 29.2 Å². The third-order valence-electron chi connectivity index (χ3n) is 9.10. The maximum Gasteiger partial charge on any atom is 0.347 e. The molecular weight excluding hydrogens is 1020 g/mol. The summed E-state index contributed by atoms with van der Waals surface area (Å²) >= 11 is 0. The minimum absolute atomic E-state index is 0.0829. The number of hydrogen-bond donors (Lipinski definition) is 0. The second-order valence-electron chi connectivity index (χ2n) is 20.4. The Labute approximate surface area is 424 Å². The molecule has 0 fully saturated rings. The quantitative estimate of drug-likeness (QED) is 0.0539. The van der Waals surface area contributed by atoms with Crippen LogP contribution >= 0.6 is 0 Å². The lowest BCUT2D eigenvalue weighted by atomic mass is 10.2. The highest BCUT2D eigenvalue weighted by atomic mass is 32.2. The lowest BCUT2D eigenvalue weighted by Crippen LogP contribution is -2.54. The minimum atomic E-state index is -3.89. The zero-order valence-corrected chi connectivity index (χ0v) is 50.7. The fourth-order valence-electron chi connectivity index (χ4n) is 6.76. The largest absolute Gasteiger partial charge is 0.490 e. The monoisotopic (exact) mass is 1090 g/mol. The second kappa shape index (κ2) is 24.7. The number of nitrogens with zero attached hydrogens (tertiary/aromatic N) is 2. The van der Waals surface area contributed by atoms with E-state index in [1.165, 1.54) is 36.4 Å². The van der Waals surface area contributed by atoms with Crippen LogP contribution in [-0.2, 0) is 36.1 Å². The van der Waals surface area contributed by atoms with Gasteiger partial charge in [0.2, 0.25) is 19.7 Å². The van der Waals surface area contributed by atoms with Crippen molar-refractivity contribution in [2.24, 2.45) is 0 Å². The molecule has 0 atom stereocenters. The van der Waals surface area contributed by atoms with E-state index in [-0.39, 0.29) is 26.2 Å². The molecule has 0 heterocycles. The number of allylic oxidation sites excluding steroid dienone is 2. The SMILES string of the molecule is C=C(COc1ccc(/C=C(\C#N)S(=O)(=O)c2ccccc2)cc1)[Si](C)(O[Si](C)(C)C)O[Si](C)(C)C.C[Si](C)(C)O[Si](C)(/C=C/COc1ccc(/C=C(\C#N)S(=O)(=O)c2ccccc2)cc1)O[Si](C)(C)C. The number of rotatable bonds is 22.